The van der Waals surface area contributed by atoms with Gasteiger partial charge in [-0.05, 0) is 61.3 Å². The molecule has 148 valence electrons. The van der Waals surface area contributed by atoms with E-state index in [0.29, 0.717) is 19.8 Å². The number of carbonyl (C=O) groups is 1. The molecule has 0 unspecified atom stereocenters. The van der Waals surface area contributed by atoms with E-state index in [1.165, 1.54) is 37.9 Å². The van der Waals surface area contributed by atoms with E-state index in [0.717, 1.165) is 29.2 Å². The summed E-state index contributed by atoms with van der Waals surface area (Å²) in [7, 11) is 1.83. The quantitative estimate of drug-likeness (QED) is 0.793. The number of carbonyl (C=O) groups excluding carboxylic acids is 1. The predicted molar refractivity (Wildman–Crippen MR) is 109 cm³/mol. The first-order chi connectivity index (χ1) is 13.7. The maximum Gasteiger partial charge on any atom is 0.253 e. The van der Waals surface area contributed by atoms with E-state index in [9.17, 15) is 4.79 Å². The minimum absolute atomic E-state index is 0.0272. The van der Waals surface area contributed by atoms with Gasteiger partial charge in [-0.1, -0.05) is 24.6 Å². The van der Waals surface area contributed by atoms with Gasteiger partial charge in [0.05, 0.1) is 0 Å². The molecule has 0 atom stereocenters. The first-order valence-corrected chi connectivity index (χ1v) is 10.1. The zero-order valence-corrected chi connectivity index (χ0v) is 16.5. The lowest BCUT2D eigenvalue weighted by Gasteiger charge is -2.26. The molecule has 2 aliphatic heterocycles. The number of benzene rings is 2. The third-order valence-corrected chi connectivity index (χ3v) is 5.43. The van der Waals surface area contributed by atoms with Crippen molar-refractivity contribution < 1.29 is 14.3 Å². The van der Waals surface area contributed by atoms with Gasteiger partial charge >= 0.3 is 0 Å². The molecule has 0 saturated carbocycles. The zero-order valence-electron chi connectivity index (χ0n) is 16.5. The van der Waals surface area contributed by atoms with Crippen LogP contribution in [0.4, 0.5) is 0 Å². The van der Waals surface area contributed by atoms with Gasteiger partial charge in [0, 0.05) is 25.7 Å². The Morgan fingerprint density at radius 2 is 1.61 bits per heavy atom. The fraction of sp³-hybridized carbons (Fsp3) is 0.435. The molecule has 4 rings (SSSR count). The lowest BCUT2D eigenvalue weighted by molar-refractivity contribution is 0.0784. The van der Waals surface area contributed by atoms with Crippen LogP contribution in [0.1, 0.15) is 40.7 Å². The standard InChI is InChI=1S/C23H28N2O3/c1-24(16-19-7-10-21-22(15-19)28-14-13-27-21)23(26)20-8-5-18(6-9-20)17-25-11-3-2-4-12-25/h5-10,15H,2-4,11-14,16-17H2,1H3. The van der Waals surface area contributed by atoms with E-state index in [1.54, 1.807) is 4.90 Å². The van der Waals surface area contributed by atoms with E-state index < -0.39 is 0 Å². The van der Waals surface area contributed by atoms with Crippen LogP contribution in [0.3, 0.4) is 0 Å². The van der Waals surface area contributed by atoms with Gasteiger partial charge in [-0.3, -0.25) is 9.69 Å². The number of amides is 1. The van der Waals surface area contributed by atoms with Crippen molar-refractivity contribution in [2.45, 2.75) is 32.4 Å². The van der Waals surface area contributed by atoms with Crippen molar-refractivity contribution in [3.05, 3.63) is 59.2 Å². The Morgan fingerprint density at radius 1 is 0.929 bits per heavy atom. The molecule has 1 amide bonds. The lowest BCUT2D eigenvalue weighted by Crippen LogP contribution is -2.29. The van der Waals surface area contributed by atoms with Crippen molar-refractivity contribution in [1.82, 2.24) is 9.80 Å². The number of hydrogen-bond acceptors (Lipinski definition) is 4. The Hall–Kier alpha value is -2.53. The predicted octanol–water partition coefficient (Wildman–Crippen LogP) is 3.72. The SMILES string of the molecule is CN(Cc1ccc2c(c1)OCCO2)C(=O)c1ccc(CN2CCCCC2)cc1. The van der Waals surface area contributed by atoms with E-state index in [4.69, 9.17) is 9.47 Å². The topological polar surface area (TPSA) is 42.0 Å². The highest BCUT2D eigenvalue weighted by molar-refractivity contribution is 5.94. The van der Waals surface area contributed by atoms with Crippen LogP contribution in [0.25, 0.3) is 0 Å². The van der Waals surface area contributed by atoms with E-state index in [-0.39, 0.29) is 5.91 Å². The van der Waals surface area contributed by atoms with Gasteiger partial charge < -0.3 is 14.4 Å². The first kappa shape index (κ1) is 18.8. The molecule has 0 N–H and O–H groups in total. The highest BCUT2D eigenvalue weighted by Gasteiger charge is 2.16. The van der Waals surface area contributed by atoms with Gasteiger partial charge in [0.2, 0.25) is 0 Å². The normalized spacial score (nSPS) is 16.6. The van der Waals surface area contributed by atoms with Gasteiger partial charge in [0.1, 0.15) is 13.2 Å². The number of ether oxygens (including phenoxy) is 2. The first-order valence-electron chi connectivity index (χ1n) is 10.1. The van der Waals surface area contributed by atoms with Crippen molar-refractivity contribution in [2.24, 2.45) is 0 Å². The Balaban J connectivity index is 1.36. The van der Waals surface area contributed by atoms with Crippen molar-refractivity contribution in [2.75, 3.05) is 33.4 Å². The molecule has 0 aliphatic carbocycles. The van der Waals surface area contributed by atoms with Gasteiger partial charge in [-0.2, -0.15) is 0 Å². The van der Waals surface area contributed by atoms with Crippen molar-refractivity contribution >= 4 is 5.91 Å². The molecule has 5 heteroatoms. The van der Waals surface area contributed by atoms with E-state index in [1.807, 2.05) is 37.4 Å². The van der Waals surface area contributed by atoms with Crippen LogP contribution in [-0.2, 0) is 13.1 Å². The number of hydrogen-bond donors (Lipinski definition) is 0. The average Bonchev–Trinajstić information content (AvgIpc) is 2.74. The summed E-state index contributed by atoms with van der Waals surface area (Å²) in [5, 5.41) is 0. The monoisotopic (exact) mass is 380 g/mol. The van der Waals surface area contributed by atoms with Gasteiger partial charge in [0.25, 0.3) is 5.91 Å². The van der Waals surface area contributed by atoms with E-state index in [2.05, 4.69) is 17.0 Å². The molecule has 0 aromatic heterocycles. The van der Waals surface area contributed by atoms with Gasteiger partial charge in [-0.15, -0.1) is 0 Å². The van der Waals surface area contributed by atoms with Crippen LogP contribution < -0.4 is 9.47 Å². The third kappa shape index (κ3) is 4.47. The highest BCUT2D eigenvalue weighted by atomic mass is 16.6. The fourth-order valence-electron chi connectivity index (χ4n) is 3.88. The summed E-state index contributed by atoms with van der Waals surface area (Å²) in [5.41, 5.74) is 3.03. The second-order valence-corrected chi connectivity index (χ2v) is 7.67. The number of nitrogens with zero attached hydrogens (tertiary/aromatic N) is 2. The Bertz CT molecular complexity index is 813. The third-order valence-electron chi connectivity index (χ3n) is 5.43. The molecular formula is C23H28N2O3. The highest BCUT2D eigenvalue weighted by Crippen LogP contribution is 2.31. The number of rotatable bonds is 5. The number of fused-ring (bicyclic) bond motifs is 1. The maximum absolute atomic E-state index is 12.8. The molecule has 2 aromatic rings. The molecule has 0 radical (unpaired) electrons. The molecule has 0 bridgehead atoms. The van der Waals surface area contributed by atoms with Gasteiger partial charge in [-0.25, -0.2) is 0 Å². The van der Waals surface area contributed by atoms with E-state index >= 15 is 0 Å². The second-order valence-electron chi connectivity index (χ2n) is 7.67. The Morgan fingerprint density at radius 3 is 2.36 bits per heavy atom. The molecule has 5 nitrogen and oxygen atoms in total. The number of piperidine rings is 1. The van der Waals surface area contributed by atoms with Crippen molar-refractivity contribution in [3.8, 4) is 11.5 Å². The largest absolute Gasteiger partial charge is 0.486 e. The minimum Gasteiger partial charge on any atom is -0.486 e. The average molecular weight is 380 g/mol. The summed E-state index contributed by atoms with van der Waals surface area (Å²) in [5.74, 6) is 1.55. The molecule has 0 spiro atoms. The van der Waals surface area contributed by atoms with Crippen LogP contribution in [-0.4, -0.2) is 49.1 Å². The molecule has 1 fully saturated rings. The zero-order chi connectivity index (χ0) is 19.3. The molecule has 1 saturated heterocycles. The minimum atomic E-state index is 0.0272. The van der Waals surface area contributed by atoms with Gasteiger partial charge in [0.15, 0.2) is 11.5 Å². The summed E-state index contributed by atoms with van der Waals surface area (Å²) < 4.78 is 11.2. The van der Waals surface area contributed by atoms with Crippen LogP contribution in [0, 0.1) is 0 Å². The lowest BCUT2D eigenvalue weighted by atomic mass is 10.1. The Labute approximate surface area is 166 Å². The molecular weight excluding hydrogens is 352 g/mol. The molecule has 2 aromatic carbocycles. The molecule has 2 heterocycles. The van der Waals surface area contributed by atoms with Crippen LogP contribution in [0.15, 0.2) is 42.5 Å². The molecule has 28 heavy (non-hydrogen) atoms. The summed E-state index contributed by atoms with van der Waals surface area (Å²) in [4.78, 5) is 17.0. The van der Waals surface area contributed by atoms with Crippen molar-refractivity contribution in [1.29, 1.82) is 0 Å². The summed E-state index contributed by atoms with van der Waals surface area (Å²) in [6, 6.07) is 13.9. The summed E-state index contributed by atoms with van der Waals surface area (Å²) in [6.07, 6.45) is 3.93. The second kappa shape index (κ2) is 8.65. The Kier molecular flexibility index (Phi) is 5.81. The smallest absolute Gasteiger partial charge is 0.253 e. The number of likely N-dealkylation sites (tertiary alicyclic amines) is 1. The van der Waals surface area contributed by atoms with Crippen LogP contribution in [0.2, 0.25) is 0 Å². The molecule has 2 aliphatic rings. The maximum atomic E-state index is 12.8. The summed E-state index contributed by atoms with van der Waals surface area (Å²) in [6.45, 7) is 5.01. The summed E-state index contributed by atoms with van der Waals surface area (Å²) >= 11 is 0. The van der Waals surface area contributed by atoms with Crippen LogP contribution >= 0.6 is 0 Å². The van der Waals surface area contributed by atoms with Crippen molar-refractivity contribution in [3.63, 3.8) is 0 Å². The van der Waals surface area contributed by atoms with Crippen LogP contribution in [0.5, 0.6) is 11.5 Å². The fourth-order valence-corrected chi connectivity index (χ4v) is 3.88.